The van der Waals surface area contributed by atoms with E-state index < -0.39 is 88.8 Å². The van der Waals surface area contributed by atoms with E-state index in [1.54, 1.807) is 39.8 Å². The minimum absolute atomic E-state index is 0.0503. The average molecular weight is 927 g/mol. The molecule has 0 aromatic heterocycles. The third kappa shape index (κ3) is 10.2. The number of ketones is 1. The molecule has 3 aromatic rings. The van der Waals surface area contributed by atoms with Gasteiger partial charge >= 0.3 is 11.8 Å². The lowest BCUT2D eigenvalue weighted by atomic mass is 9.78. The van der Waals surface area contributed by atoms with Crippen molar-refractivity contribution in [2.75, 3.05) is 25.5 Å². The number of hydrazone groups is 1. The van der Waals surface area contributed by atoms with Gasteiger partial charge in [0.2, 0.25) is 0 Å². The van der Waals surface area contributed by atoms with Gasteiger partial charge in [0.15, 0.2) is 5.75 Å². The van der Waals surface area contributed by atoms with E-state index in [4.69, 9.17) is 24.0 Å². The lowest BCUT2D eigenvalue weighted by Gasteiger charge is -2.43. The first kappa shape index (κ1) is 50.5. The zero-order chi connectivity index (χ0) is 49.2. The average Bonchev–Trinajstić information content (AvgIpc) is 3.55. The summed E-state index contributed by atoms with van der Waals surface area (Å²) in [7, 11) is 1.44. The molecule has 5 bridgehead atoms. The van der Waals surface area contributed by atoms with Gasteiger partial charge in [0.1, 0.15) is 23.4 Å². The topological polar surface area (TPSA) is 220 Å². The van der Waals surface area contributed by atoms with Crippen molar-refractivity contribution in [1.82, 2.24) is 9.91 Å². The number of carbonyl (C=O) groups is 3. The Labute approximate surface area is 392 Å². The molecule has 362 valence electrons. The van der Waals surface area contributed by atoms with Crippen LogP contribution in [0.4, 0.5) is 5.69 Å². The summed E-state index contributed by atoms with van der Waals surface area (Å²) in [6.45, 7) is 18.5. The zero-order valence-electron chi connectivity index (χ0n) is 40.2. The number of ether oxygens (including phenoxy) is 4. The number of aliphatic hydroxyl groups is 2. The molecule has 67 heavy (non-hydrogen) atoms. The van der Waals surface area contributed by atoms with Gasteiger partial charge in [-0.25, -0.2) is 0 Å². The molecule has 16 nitrogen and oxygen atoms in total. The van der Waals surface area contributed by atoms with Crippen LogP contribution in [0.3, 0.4) is 0 Å². The molecule has 3 aromatic carbocycles. The molecule has 0 spiro atoms. The number of methoxy groups -OCH3 is 1. The number of benzene rings is 3. The van der Waals surface area contributed by atoms with Gasteiger partial charge in [0, 0.05) is 79.8 Å². The summed E-state index contributed by atoms with van der Waals surface area (Å²) in [5.74, 6) is -8.45. The number of hydrogen-bond acceptors (Lipinski definition) is 15. The molecule has 1 amide bonds. The van der Waals surface area contributed by atoms with Crippen LogP contribution in [-0.2, 0) is 30.3 Å². The van der Waals surface area contributed by atoms with Crippen molar-refractivity contribution in [2.45, 2.75) is 118 Å². The number of phenolic OH excluding ortho intramolecular Hbond substituents is 3. The van der Waals surface area contributed by atoms with Crippen LogP contribution in [0.2, 0.25) is 0 Å². The zero-order valence-corrected chi connectivity index (χ0v) is 40.2. The Morgan fingerprint density at radius 1 is 0.910 bits per heavy atom. The molecule has 11 atom stereocenters. The summed E-state index contributed by atoms with van der Waals surface area (Å²) >= 11 is 0. The molecule has 0 radical (unpaired) electrons. The third-order valence-electron chi connectivity index (χ3n) is 13.7. The van der Waals surface area contributed by atoms with E-state index >= 15 is 0 Å². The second-order valence-corrected chi connectivity index (χ2v) is 18.6. The van der Waals surface area contributed by atoms with E-state index in [9.17, 15) is 39.9 Å². The summed E-state index contributed by atoms with van der Waals surface area (Å²) in [6, 6.07) is 10.3. The first-order valence-corrected chi connectivity index (χ1v) is 22.8. The van der Waals surface area contributed by atoms with Crippen molar-refractivity contribution in [3.8, 4) is 23.0 Å². The van der Waals surface area contributed by atoms with Crippen LogP contribution < -0.4 is 10.1 Å². The number of amides is 1. The highest BCUT2D eigenvalue weighted by atomic mass is 16.7. The number of nitrogens with one attached hydrogen (secondary N) is 1. The number of allylic oxidation sites excluding steroid dienone is 2. The SMILES string of the molecule is CO[C@@H]1C=CO[C@@]2(C)Oc3c(C)c(O)c4c(O)c(c(C=NN5C[C@@H](C)N(Cc6ccccc6)[C@@H](C)C5)c(O)c4c3C2=O)NC(=O)C(C)=CC=C[C@H](C)[C@H](O)[C@H](C)[C@H](O)[C@H](C)[C@H](OC(C)=O)[C@@H]1C. The minimum Gasteiger partial charge on any atom is -0.507 e. The maximum absolute atomic E-state index is 14.6. The molecule has 7 rings (SSSR count). The van der Waals surface area contributed by atoms with Crippen molar-refractivity contribution in [3.63, 3.8) is 0 Å². The lowest BCUT2D eigenvalue weighted by Crippen LogP contribution is -2.54. The van der Waals surface area contributed by atoms with Crippen LogP contribution in [0.5, 0.6) is 23.0 Å². The number of aromatic hydroxyl groups is 3. The highest BCUT2D eigenvalue weighted by molar-refractivity contribution is 6.23. The van der Waals surface area contributed by atoms with Crippen molar-refractivity contribution in [3.05, 3.63) is 88.7 Å². The highest BCUT2D eigenvalue weighted by Crippen LogP contribution is 2.55. The number of fused-ring (bicyclic) bond motifs is 14. The van der Waals surface area contributed by atoms with Gasteiger partial charge in [-0.1, -0.05) is 76.3 Å². The number of phenols is 3. The quantitative estimate of drug-likeness (QED) is 0.0658. The molecule has 0 aliphatic carbocycles. The van der Waals surface area contributed by atoms with Crippen molar-refractivity contribution < 1.29 is 58.9 Å². The fourth-order valence-electron chi connectivity index (χ4n) is 9.54. The standard InChI is InChI=1S/C51H66N4O12/c1-26-16-15-17-27(2)50(63)53-41-36(22-52-54-23-28(3)55(29(4)24-54)25-35-18-13-12-14-19-35)45(60)38-39(46(41)61)44(59)33(8)48-40(38)49(62)51(10,67-48)65-21-20-37(64-11)30(5)47(66-34(9)56)32(7)43(58)31(6)42(26)57/h12-22,26,28-32,37,42-43,47,57-61H,23-25H2,1-11H3,(H,53,63)/t26-,28-,29+,30+,31-,32-,37+,42-,43-,47+,51-/m0/s1. The third-order valence-corrected chi connectivity index (χ3v) is 13.7. The van der Waals surface area contributed by atoms with Crippen LogP contribution in [-0.4, -0.2) is 122 Å². The van der Waals surface area contributed by atoms with Gasteiger partial charge in [-0.3, -0.25) is 24.3 Å². The lowest BCUT2D eigenvalue weighted by molar-refractivity contribution is -0.160. The Kier molecular flexibility index (Phi) is 15.5. The van der Waals surface area contributed by atoms with Crippen LogP contribution in [0, 0.1) is 30.6 Å². The van der Waals surface area contributed by atoms with E-state index in [1.165, 1.54) is 65.0 Å². The largest absolute Gasteiger partial charge is 0.507 e. The predicted octanol–water partition coefficient (Wildman–Crippen LogP) is 6.68. The Balaban J connectivity index is 1.48. The van der Waals surface area contributed by atoms with Crippen molar-refractivity contribution in [2.24, 2.45) is 28.8 Å². The first-order valence-electron chi connectivity index (χ1n) is 22.8. The number of anilines is 1. The van der Waals surface area contributed by atoms with E-state index in [1.807, 2.05) is 23.2 Å². The number of Topliss-reactive ketones (excluding diaryl/α,β-unsaturated/α-hetero) is 1. The number of hydrogen-bond donors (Lipinski definition) is 6. The fraction of sp³-hybridized carbons (Fsp3) is 0.490. The second kappa shape index (κ2) is 20.5. The molecule has 0 saturated carbocycles. The number of rotatable bonds is 6. The molecule has 4 aliphatic rings. The monoisotopic (exact) mass is 926 g/mol. The van der Waals surface area contributed by atoms with Crippen molar-refractivity contribution in [1.29, 1.82) is 0 Å². The molecule has 6 N–H and O–H groups in total. The number of aliphatic hydroxyl groups excluding tert-OH is 2. The molecule has 16 heteroatoms. The van der Waals surface area contributed by atoms with Crippen LogP contribution >= 0.6 is 0 Å². The fourth-order valence-corrected chi connectivity index (χ4v) is 9.54. The molecule has 1 fully saturated rings. The predicted molar refractivity (Wildman–Crippen MR) is 254 cm³/mol. The second-order valence-electron chi connectivity index (χ2n) is 18.6. The number of nitrogens with zero attached hydrogens (tertiary/aromatic N) is 3. The number of carbonyl (C=O) groups excluding carboxylic acids is 3. The minimum atomic E-state index is -2.06. The van der Waals surface area contributed by atoms with Gasteiger partial charge < -0.3 is 49.8 Å². The first-order chi connectivity index (χ1) is 31.6. The molecular weight excluding hydrogens is 861 g/mol. The van der Waals surface area contributed by atoms with Gasteiger partial charge in [0.25, 0.3) is 11.7 Å². The molecule has 1 saturated heterocycles. The maximum Gasteiger partial charge on any atom is 0.312 e. The van der Waals surface area contributed by atoms with Crippen LogP contribution in [0.1, 0.15) is 89.4 Å². The van der Waals surface area contributed by atoms with Gasteiger partial charge in [-0.15, -0.1) is 0 Å². The normalized spacial score (nSPS) is 30.1. The maximum atomic E-state index is 14.6. The summed E-state index contributed by atoms with van der Waals surface area (Å²) in [6.07, 6.45) is 4.88. The highest BCUT2D eigenvalue weighted by Gasteiger charge is 2.50. The van der Waals surface area contributed by atoms with E-state index in [0.717, 1.165) is 6.54 Å². The molecule has 0 unspecified atom stereocenters. The van der Waals surface area contributed by atoms with E-state index in [2.05, 4.69) is 36.2 Å². The molecule has 4 heterocycles. The summed E-state index contributed by atoms with van der Waals surface area (Å²) in [5, 5.41) is 68.0. The van der Waals surface area contributed by atoms with Gasteiger partial charge in [-0.05, 0) is 39.3 Å². The summed E-state index contributed by atoms with van der Waals surface area (Å²) in [5.41, 5.74) is 0.787. The smallest absolute Gasteiger partial charge is 0.312 e. The Hall–Kier alpha value is -5.94. The number of piperazine rings is 1. The van der Waals surface area contributed by atoms with Crippen LogP contribution in [0.25, 0.3) is 10.8 Å². The Bertz CT molecular complexity index is 2460. The molecular formula is C51H66N4O12. The van der Waals surface area contributed by atoms with Crippen LogP contribution in [0.15, 0.2) is 71.6 Å². The Morgan fingerprint density at radius 2 is 1.57 bits per heavy atom. The summed E-state index contributed by atoms with van der Waals surface area (Å²) in [4.78, 5) is 43.4. The Morgan fingerprint density at radius 3 is 2.19 bits per heavy atom. The van der Waals surface area contributed by atoms with Crippen molar-refractivity contribution >= 4 is 40.3 Å². The van der Waals surface area contributed by atoms with E-state index in [0.29, 0.717) is 13.1 Å². The van der Waals surface area contributed by atoms with Gasteiger partial charge in [0.05, 0.1) is 66.1 Å². The summed E-state index contributed by atoms with van der Waals surface area (Å²) < 4.78 is 23.8. The van der Waals surface area contributed by atoms with E-state index in [-0.39, 0.29) is 56.6 Å². The van der Waals surface area contributed by atoms with Gasteiger partial charge in [-0.2, -0.15) is 5.10 Å². The number of esters is 1. The molecule has 4 aliphatic heterocycles.